The smallest absolute Gasteiger partial charge is 0.0741 e. The number of β-amino-alcohol motifs (C(OH)–C–C–N with tert-alkyl or cyclic N) is 1. The summed E-state index contributed by atoms with van der Waals surface area (Å²) in [5.74, 6) is 2.96. The molecule has 0 saturated heterocycles. The van der Waals surface area contributed by atoms with Crippen LogP contribution >= 0.6 is 0 Å². The van der Waals surface area contributed by atoms with Crippen LogP contribution in [0.5, 0.6) is 0 Å². The minimum absolute atomic E-state index is 0.397. The molecule has 98 valence electrons. The monoisotopic (exact) mass is 237 g/mol. The van der Waals surface area contributed by atoms with Crippen molar-refractivity contribution in [3.8, 4) is 0 Å². The molecule has 0 aromatic carbocycles. The molecule has 2 N–H and O–H groups in total. The van der Waals surface area contributed by atoms with Crippen LogP contribution in [0.1, 0.15) is 58.8 Å². The molecule has 4 aliphatic rings. The molecule has 4 fully saturated rings. The third kappa shape index (κ3) is 2.26. The van der Waals surface area contributed by atoms with Gasteiger partial charge in [0.25, 0.3) is 0 Å². The third-order valence-electron chi connectivity index (χ3n) is 5.64. The van der Waals surface area contributed by atoms with Crippen LogP contribution in [0, 0.1) is 17.8 Å². The van der Waals surface area contributed by atoms with Gasteiger partial charge in [-0.05, 0) is 69.6 Å². The molecule has 0 aliphatic heterocycles. The first-order valence-corrected chi connectivity index (χ1v) is 7.48. The molecule has 1 unspecified atom stereocenters. The fraction of sp³-hybridized carbons (Fsp3) is 1.00. The van der Waals surface area contributed by atoms with Crippen molar-refractivity contribution in [2.45, 2.75) is 69.9 Å². The molecule has 17 heavy (non-hydrogen) atoms. The zero-order valence-corrected chi connectivity index (χ0v) is 11.3. The van der Waals surface area contributed by atoms with Crippen LogP contribution in [0.2, 0.25) is 0 Å². The van der Waals surface area contributed by atoms with Gasteiger partial charge in [-0.1, -0.05) is 6.92 Å². The van der Waals surface area contributed by atoms with Crippen LogP contribution in [0.3, 0.4) is 0 Å². The number of hydrogen-bond donors (Lipinski definition) is 2. The fourth-order valence-electron chi connectivity index (χ4n) is 4.83. The zero-order chi connectivity index (χ0) is 12.1. The van der Waals surface area contributed by atoms with Gasteiger partial charge in [0.1, 0.15) is 0 Å². The summed E-state index contributed by atoms with van der Waals surface area (Å²) in [5, 5.41) is 13.9. The second-order valence-corrected chi connectivity index (χ2v) is 7.40. The van der Waals surface area contributed by atoms with Crippen LogP contribution in [-0.4, -0.2) is 22.8 Å². The lowest BCUT2D eigenvalue weighted by molar-refractivity contribution is -0.0353. The van der Waals surface area contributed by atoms with E-state index in [9.17, 15) is 5.11 Å². The van der Waals surface area contributed by atoms with E-state index in [1.165, 1.54) is 38.5 Å². The van der Waals surface area contributed by atoms with Crippen molar-refractivity contribution in [2.75, 3.05) is 6.54 Å². The molecule has 0 amide bonds. The van der Waals surface area contributed by atoms with Gasteiger partial charge in [-0.3, -0.25) is 0 Å². The molecule has 0 spiro atoms. The SMILES string of the molecule is CCC(C)(O)CNC12CC3CC(CC(C3)C1)C2. The number of rotatable bonds is 4. The molecule has 4 bridgehead atoms. The first kappa shape index (κ1) is 12.0. The third-order valence-corrected chi connectivity index (χ3v) is 5.64. The van der Waals surface area contributed by atoms with E-state index in [0.29, 0.717) is 5.54 Å². The second-order valence-electron chi connectivity index (χ2n) is 7.40. The molecule has 4 aliphatic carbocycles. The summed E-state index contributed by atoms with van der Waals surface area (Å²) >= 11 is 0. The summed E-state index contributed by atoms with van der Waals surface area (Å²) in [6.45, 7) is 4.80. The maximum absolute atomic E-state index is 10.2. The maximum Gasteiger partial charge on any atom is 0.0741 e. The highest BCUT2D eigenvalue weighted by Gasteiger charge is 2.50. The van der Waals surface area contributed by atoms with Crippen LogP contribution in [-0.2, 0) is 0 Å². The van der Waals surface area contributed by atoms with Crippen LogP contribution in [0.15, 0.2) is 0 Å². The molecule has 0 aromatic heterocycles. The predicted octanol–water partition coefficient (Wildman–Crippen LogP) is 2.71. The second kappa shape index (κ2) is 3.96. The predicted molar refractivity (Wildman–Crippen MR) is 69.8 cm³/mol. The average Bonchev–Trinajstić information content (AvgIpc) is 2.25. The fourth-order valence-corrected chi connectivity index (χ4v) is 4.83. The Kier molecular flexibility index (Phi) is 2.79. The Morgan fingerprint density at radius 3 is 2.00 bits per heavy atom. The Morgan fingerprint density at radius 1 is 1.12 bits per heavy atom. The first-order valence-electron chi connectivity index (χ1n) is 7.48. The molecule has 2 nitrogen and oxygen atoms in total. The van der Waals surface area contributed by atoms with Gasteiger partial charge >= 0.3 is 0 Å². The van der Waals surface area contributed by atoms with Gasteiger partial charge in [0.05, 0.1) is 5.60 Å². The van der Waals surface area contributed by atoms with Gasteiger partial charge in [0.2, 0.25) is 0 Å². The van der Waals surface area contributed by atoms with Gasteiger partial charge in [0, 0.05) is 12.1 Å². The molecule has 1 atom stereocenters. The van der Waals surface area contributed by atoms with Crippen molar-refractivity contribution in [3.05, 3.63) is 0 Å². The Labute approximate surface area is 105 Å². The van der Waals surface area contributed by atoms with Crippen molar-refractivity contribution in [3.63, 3.8) is 0 Å². The highest BCUT2D eigenvalue weighted by Crippen LogP contribution is 2.55. The van der Waals surface area contributed by atoms with E-state index in [1.807, 2.05) is 6.92 Å². The molecular formula is C15H27NO. The molecule has 0 heterocycles. The summed E-state index contributed by atoms with van der Waals surface area (Å²) < 4.78 is 0. The summed E-state index contributed by atoms with van der Waals surface area (Å²) in [5.41, 5.74) is -0.128. The van der Waals surface area contributed by atoms with Crippen molar-refractivity contribution in [1.29, 1.82) is 0 Å². The standard InChI is InChI=1S/C15H27NO/c1-3-14(2,17)10-16-15-7-11-4-12(8-15)6-13(5-11)9-15/h11-13,16-17H,3-10H2,1-2H3. The minimum atomic E-state index is -0.524. The van der Waals surface area contributed by atoms with E-state index in [4.69, 9.17) is 0 Å². The van der Waals surface area contributed by atoms with E-state index in [1.54, 1.807) is 0 Å². The van der Waals surface area contributed by atoms with Gasteiger partial charge in [0.15, 0.2) is 0 Å². The molecule has 2 heteroatoms. The van der Waals surface area contributed by atoms with E-state index < -0.39 is 5.60 Å². The van der Waals surface area contributed by atoms with E-state index in [-0.39, 0.29) is 0 Å². The molecule has 0 radical (unpaired) electrons. The lowest BCUT2D eigenvalue weighted by Crippen LogP contribution is -2.60. The average molecular weight is 237 g/mol. The Morgan fingerprint density at radius 2 is 1.59 bits per heavy atom. The summed E-state index contributed by atoms with van der Waals surface area (Å²) in [6, 6.07) is 0. The van der Waals surface area contributed by atoms with E-state index >= 15 is 0 Å². The summed E-state index contributed by atoms with van der Waals surface area (Å²) in [6.07, 6.45) is 9.43. The highest BCUT2D eigenvalue weighted by molar-refractivity contribution is 5.06. The topological polar surface area (TPSA) is 32.3 Å². The van der Waals surface area contributed by atoms with Gasteiger partial charge in [-0.15, -0.1) is 0 Å². The lowest BCUT2D eigenvalue weighted by Gasteiger charge is -2.57. The highest BCUT2D eigenvalue weighted by atomic mass is 16.3. The summed E-state index contributed by atoms with van der Waals surface area (Å²) in [7, 11) is 0. The quantitative estimate of drug-likeness (QED) is 0.788. The molecule has 4 saturated carbocycles. The number of nitrogens with one attached hydrogen (secondary N) is 1. The zero-order valence-electron chi connectivity index (χ0n) is 11.3. The van der Waals surface area contributed by atoms with Crippen molar-refractivity contribution in [1.82, 2.24) is 5.32 Å². The van der Waals surface area contributed by atoms with E-state index in [0.717, 1.165) is 30.7 Å². The lowest BCUT2D eigenvalue weighted by atomic mass is 9.53. The van der Waals surface area contributed by atoms with Crippen molar-refractivity contribution >= 4 is 0 Å². The molecule has 0 aromatic rings. The number of hydrogen-bond acceptors (Lipinski definition) is 2. The number of aliphatic hydroxyl groups is 1. The Balaban J connectivity index is 1.66. The molecule has 4 rings (SSSR count). The largest absolute Gasteiger partial charge is 0.389 e. The van der Waals surface area contributed by atoms with Crippen molar-refractivity contribution in [2.24, 2.45) is 17.8 Å². The van der Waals surface area contributed by atoms with Gasteiger partial charge in [-0.2, -0.15) is 0 Å². The first-order chi connectivity index (χ1) is 8.00. The Hall–Kier alpha value is -0.0800. The maximum atomic E-state index is 10.2. The minimum Gasteiger partial charge on any atom is -0.389 e. The van der Waals surface area contributed by atoms with Crippen LogP contribution in [0.4, 0.5) is 0 Å². The molecular weight excluding hydrogens is 210 g/mol. The van der Waals surface area contributed by atoms with Crippen molar-refractivity contribution < 1.29 is 5.11 Å². The van der Waals surface area contributed by atoms with Crippen LogP contribution in [0.25, 0.3) is 0 Å². The van der Waals surface area contributed by atoms with Crippen LogP contribution < -0.4 is 5.32 Å². The normalized spacial score (nSPS) is 47.1. The van der Waals surface area contributed by atoms with E-state index in [2.05, 4.69) is 12.2 Å². The van der Waals surface area contributed by atoms with Gasteiger partial charge < -0.3 is 10.4 Å². The summed E-state index contributed by atoms with van der Waals surface area (Å²) in [4.78, 5) is 0. The van der Waals surface area contributed by atoms with Gasteiger partial charge in [-0.25, -0.2) is 0 Å². The Bertz CT molecular complexity index is 262.